The zero-order valence-electron chi connectivity index (χ0n) is 14.4. The van der Waals surface area contributed by atoms with E-state index in [0.29, 0.717) is 29.7 Å². The molecule has 0 unspecified atom stereocenters. The second-order valence-electron chi connectivity index (χ2n) is 5.13. The summed E-state index contributed by atoms with van der Waals surface area (Å²) in [6.45, 7) is 2.97. The van der Waals surface area contributed by atoms with Gasteiger partial charge in [0.15, 0.2) is 16.7 Å². The number of thioether (sulfide) groups is 1. The average Bonchev–Trinajstić information content (AvgIpc) is 2.64. The molecule has 1 aromatic heterocycles. The van der Waals surface area contributed by atoms with Gasteiger partial charge in [0, 0.05) is 25.4 Å². The number of nitrogens with zero attached hydrogens (tertiary/aromatic N) is 2. The van der Waals surface area contributed by atoms with Crippen LogP contribution in [-0.2, 0) is 11.3 Å². The molecular weight excluding hydrogens is 342 g/mol. The minimum atomic E-state index is -0.234. The van der Waals surface area contributed by atoms with Gasteiger partial charge in [0.05, 0.1) is 20.0 Å². The van der Waals surface area contributed by atoms with E-state index in [1.807, 2.05) is 25.1 Å². The zero-order chi connectivity index (χ0) is 18.2. The van der Waals surface area contributed by atoms with Gasteiger partial charge >= 0.3 is 0 Å². The van der Waals surface area contributed by atoms with E-state index in [1.54, 1.807) is 19.1 Å². The van der Waals surface area contributed by atoms with Crippen molar-refractivity contribution >= 4 is 17.7 Å². The summed E-state index contributed by atoms with van der Waals surface area (Å²) in [6, 6.07) is 6.92. The molecule has 2 aromatic rings. The van der Waals surface area contributed by atoms with Gasteiger partial charge in [-0.05, 0) is 24.6 Å². The number of hydrogen-bond acceptors (Lipinski definition) is 6. The van der Waals surface area contributed by atoms with Gasteiger partial charge in [-0.2, -0.15) is 0 Å². The Hall–Kier alpha value is -2.48. The molecule has 0 fully saturated rings. The number of carbonyl (C=O) groups is 1. The van der Waals surface area contributed by atoms with Crippen LogP contribution in [0.25, 0.3) is 0 Å². The van der Waals surface area contributed by atoms with Crippen molar-refractivity contribution < 1.29 is 14.3 Å². The molecule has 0 atom stereocenters. The van der Waals surface area contributed by atoms with E-state index in [4.69, 9.17) is 9.47 Å². The summed E-state index contributed by atoms with van der Waals surface area (Å²) < 4.78 is 10.5. The van der Waals surface area contributed by atoms with Crippen LogP contribution in [0.2, 0.25) is 0 Å². The van der Waals surface area contributed by atoms with Gasteiger partial charge in [-0.15, -0.1) is 0 Å². The smallest absolute Gasteiger partial charge is 0.251 e. The number of methoxy groups -OCH3 is 2. The first kappa shape index (κ1) is 18.9. The lowest BCUT2D eigenvalue weighted by Crippen LogP contribution is -2.31. The third-order valence-corrected chi connectivity index (χ3v) is 4.41. The molecule has 0 saturated heterocycles. The standard InChI is InChI=1S/C17H21N3O4S/c1-4-20(10-12-5-6-13(23-2)14(9-12)24-3)16(22)11-25-17-18-8-7-15(21)19-17/h5-9H,4,10-11H2,1-3H3,(H,18,19,21). The van der Waals surface area contributed by atoms with E-state index in [9.17, 15) is 9.59 Å². The van der Waals surface area contributed by atoms with E-state index in [1.165, 1.54) is 24.0 Å². The van der Waals surface area contributed by atoms with Gasteiger partial charge in [0.25, 0.3) is 5.56 Å². The summed E-state index contributed by atoms with van der Waals surface area (Å²) in [7, 11) is 3.16. The third kappa shape index (κ3) is 5.25. The van der Waals surface area contributed by atoms with Crippen LogP contribution in [0.5, 0.6) is 11.5 Å². The van der Waals surface area contributed by atoms with Crippen LogP contribution >= 0.6 is 11.8 Å². The van der Waals surface area contributed by atoms with Gasteiger partial charge in [0.2, 0.25) is 5.91 Å². The summed E-state index contributed by atoms with van der Waals surface area (Å²) in [5.41, 5.74) is 0.715. The molecule has 0 saturated carbocycles. The highest BCUT2D eigenvalue weighted by atomic mass is 32.2. The lowest BCUT2D eigenvalue weighted by molar-refractivity contribution is -0.128. The Morgan fingerprint density at radius 3 is 2.64 bits per heavy atom. The highest BCUT2D eigenvalue weighted by molar-refractivity contribution is 7.99. The second kappa shape index (κ2) is 9.12. The van der Waals surface area contributed by atoms with Crippen LogP contribution in [0.15, 0.2) is 40.4 Å². The molecule has 0 aliphatic heterocycles. The number of H-pyrrole nitrogens is 1. The number of ether oxygens (including phenoxy) is 2. The number of benzene rings is 1. The fraction of sp³-hybridized carbons (Fsp3) is 0.353. The van der Waals surface area contributed by atoms with Crippen molar-refractivity contribution in [3.63, 3.8) is 0 Å². The summed E-state index contributed by atoms with van der Waals surface area (Å²) in [4.78, 5) is 32.0. The van der Waals surface area contributed by atoms with Gasteiger partial charge < -0.3 is 19.4 Å². The maximum atomic E-state index is 12.4. The topological polar surface area (TPSA) is 84.5 Å². The summed E-state index contributed by atoms with van der Waals surface area (Å²) in [5, 5.41) is 0.433. The quantitative estimate of drug-likeness (QED) is 0.570. The van der Waals surface area contributed by atoms with Crippen molar-refractivity contribution in [2.75, 3.05) is 26.5 Å². The Kier molecular flexibility index (Phi) is 6.88. The predicted octanol–water partition coefficient (Wildman–Crippen LogP) is 1.93. The minimum Gasteiger partial charge on any atom is -0.493 e. The van der Waals surface area contributed by atoms with E-state index in [2.05, 4.69) is 9.97 Å². The Morgan fingerprint density at radius 1 is 1.24 bits per heavy atom. The fourth-order valence-corrected chi connectivity index (χ4v) is 2.97. The normalized spacial score (nSPS) is 10.4. The summed E-state index contributed by atoms with van der Waals surface area (Å²) in [5.74, 6) is 1.45. The number of aromatic nitrogens is 2. The third-order valence-electron chi connectivity index (χ3n) is 3.54. The van der Waals surface area contributed by atoms with Crippen LogP contribution in [0.1, 0.15) is 12.5 Å². The van der Waals surface area contributed by atoms with Gasteiger partial charge in [-0.3, -0.25) is 9.59 Å². The van der Waals surface area contributed by atoms with E-state index < -0.39 is 0 Å². The summed E-state index contributed by atoms with van der Waals surface area (Å²) in [6.07, 6.45) is 1.42. The number of rotatable bonds is 8. The van der Waals surface area contributed by atoms with E-state index in [-0.39, 0.29) is 17.2 Å². The van der Waals surface area contributed by atoms with Crippen LogP contribution in [0, 0.1) is 0 Å². The zero-order valence-corrected chi connectivity index (χ0v) is 15.3. The van der Waals surface area contributed by atoms with E-state index in [0.717, 1.165) is 5.56 Å². The molecule has 1 aromatic carbocycles. The first-order valence-corrected chi connectivity index (χ1v) is 8.72. The molecule has 8 heteroatoms. The SMILES string of the molecule is CCN(Cc1ccc(OC)c(OC)c1)C(=O)CSc1nccc(=O)[nH]1. The molecule has 7 nitrogen and oxygen atoms in total. The van der Waals surface area contributed by atoms with Crippen molar-refractivity contribution in [2.24, 2.45) is 0 Å². The molecule has 1 heterocycles. The largest absolute Gasteiger partial charge is 0.493 e. The number of amides is 1. The van der Waals surface area contributed by atoms with Gasteiger partial charge in [-0.1, -0.05) is 17.8 Å². The molecule has 25 heavy (non-hydrogen) atoms. The minimum absolute atomic E-state index is 0.0335. The molecule has 134 valence electrons. The maximum Gasteiger partial charge on any atom is 0.251 e. The molecule has 1 amide bonds. The maximum absolute atomic E-state index is 12.4. The molecule has 0 radical (unpaired) electrons. The number of nitrogens with one attached hydrogen (secondary N) is 1. The highest BCUT2D eigenvalue weighted by Crippen LogP contribution is 2.28. The van der Waals surface area contributed by atoms with Crippen molar-refractivity contribution in [1.82, 2.24) is 14.9 Å². The van der Waals surface area contributed by atoms with Gasteiger partial charge in [-0.25, -0.2) is 4.98 Å². The van der Waals surface area contributed by atoms with Crippen molar-refractivity contribution in [3.05, 3.63) is 46.4 Å². The first-order valence-electron chi connectivity index (χ1n) is 7.74. The Morgan fingerprint density at radius 2 is 2.00 bits per heavy atom. The number of carbonyl (C=O) groups excluding carboxylic acids is 1. The molecular formula is C17H21N3O4S. The highest BCUT2D eigenvalue weighted by Gasteiger charge is 2.14. The van der Waals surface area contributed by atoms with Crippen LogP contribution in [0.4, 0.5) is 0 Å². The Bertz CT molecular complexity index is 778. The van der Waals surface area contributed by atoms with Crippen LogP contribution in [0.3, 0.4) is 0 Å². The van der Waals surface area contributed by atoms with Crippen molar-refractivity contribution in [3.8, 4) is 11.5 Å². The van der Waals surface area contributed by atoms with Crippen molar-refractivity contribution in [2.45, 2.75) is 18.6 Å². The Balaban J connectivity index is 2.01. The molecule has 1 N–H and O–H groups in total. The monoisotopic (exact) mass is 363 g/mol. The predicted molar refractivity (Wildman–Crippen MR) is 96.2 cm³/mol. The number of aromatic amines is 1. The second-order valence-corrected chi connectivity index (χ2v) is 6.09. The molecule has 2 rings (SSSR count). The Labute approximate surface area is 150 Å². The molecule has 0 spiro atoms. The van der Waals surface area contributed by atoms with Crippen molar-refractivity contribution in [1.29, 1.82) is 0 Å². The van der Waals surface area contributed by atoms with Crippen LogP contribution < -0.4 is 15.0 Å². The molecule has 0 aliphatic rings. The fourth-order valence-electron chi connectivity index (χ4n) is 2.22. The average molecular weight is 363 g/mol. The first-order chi connectivity index (χ1) is 12.1. The van der Waals surface area contributed by atoms with E-state index >= 15 is 0 Å². The molecule has 0 aliphatic carbocycles. The summed E-state index contributed by atoms with van der Waals surface area (Å²) >= 11 is 1.21. The van der Waals surface area contributed by atoms with Gasteiger partial charge in [0.1, 0.15) is 0 Å². The lowest BCUT2D eigenvalue weighted by atomic mass is 10.2. The lowest BCUT2D eigenvalue weighted by Gasteiger charge is -2.21. The number of hydrogen-bond donors (Lipinski definition) is 1. The molecule has 0 bridgehead atoms. The van der Waals surface area contributed by atoms with Crippen LogP contribution in [-0.4, -0.2) is 47.3 Å².